The average Bonchev–Trinajstić information content (AvgIpc) is 3.12. The zero-order valence-corrected chi connectivity index (χ0v) is 11.1. The molecule has 4 atom stereocenters. The van der Waals surface area contributed by atoms with Crippen LogP contribution in [0.3, 0.4) is 0 Å². The number of alkyl halides is 1. The number of rotatable bonds is 3. The van der Waals surface area contributed by atoms with Crippen LogP contribution in [0.4, 0.5) is 0 Å². The van der Waals surface area contributed by atoms with E-state index in [0.29, 0.717) is 11.3 Å². The first kappa shape index (κ1) is 11.5. The van der Waals surface area contributed by atoms with Crippen LogP contribution < -0.4 is 0 Å². The summed E-state index contributed by atoms with van der Waals surface area (Å²) in [6.45, 7) is 2.26. The fourth-order valence-electron chi connectivity index (χ4n) is 3.70. The Hall–Kier alpha value is -0.560. The molecule has 0 spiro atoms. The van der Waals surface area contributed by atoms with Crippen LogP contribution >= 0.6 is 11.6 Å². The molecule has 2 heteroatoms. The van der Waals surface area contributed by atoms with Crippen LogP contribution in [0.5, 0.6) is 0 Å². The van der Waals surface area contributed by atoms with Crippen molar-refractivity contribution in [1.29, 1.82) is 0 Å². The first-order chi connectivity index (χ1) is 8.29. The highest BCUT2D eigenvalue weighted by Gasteiger charge is 2.54. The van der Waals surface area contributed by atoms with Gasteiger partial charge in [-0.1, -0.05) is 19.8 Å². The molecular weight excluding hydrogens is 230 g/mol. The molecule has 1 aromatic heterocycles. The second kappa shape index (κ2) is 4.61. The second-order valence-corrected chi connectivity index (χ2v) is 6.21. The van der Waals surface area contributed by atoms with Crippen LogP contribution in [-0.2, 0) is 0 Å². The van der Waals surface area contributed by atoms with E-state index in [-0.39, 0.29) is 0 Å². The van der Waals surface area contributed by atoms with Crippen LogP contribution in [0.1, 0.15) is 44.1 Å². The van der Waals surface area contributed by atoms with Crippen molar-refractivity contribution in [3.05, 3.63) is 30.1 Å². The summed E-state index contributed by atoms with van der Waals surface area (Å²) in [7, 11) is 0. The van der Waals surface area contributed by atoms with Gasteiger partial charge in [-0.2, -0.15) is 0 Å². The van der Waals surface area contributed by atoms with Gasteiger partial charge in [0.25, 0.3) is 0 Å². The van der Waals surface area contributed by atoms with E-state index in [1.165, 1.54) is 31.2 Å². The predicted molar refractivity (Wildman–Crippen MR) is 71.2 cm³/mol. The van der Waals surface area contributed by atoms with Crippen LogP contribution in [-0.4, -0.2) is 10.4 Å². The monoisotopic (exact) mass is 249 g/mol. The minimum atomic E-state index is 0.311. The Morgan fingerprint density at radius 2 is 1.76 bits per heavy atom. The summed E-state index contributed by atoms with van der Waals surface area (Å²) in [6.07, 6.45) is 9.42. The molecule has 0 aromatic carbocycles. The number of aromatic nitrogens is 1. The smallest absolute Gasteiger partial charge is 0.0435 e. The van der Waals surface area contributed by atoms with Crippen molar-refractivity contribution in [2.75, 3.05) is 0 Å². The van der Waals surface area contributed by atoms with E-state index >= 15 is 0 Å². The largest absolute Gasteiger partial charge is 0.265 e. The molecule has 0 aliphatic heterocycles. The standard InChI is InChI=1S/C15H20ClN/c1-10(11-6-8-17-9-7-11)15(16)14-12-4-2-3-5-13(12)14/h6-10,12-15H,2-5H2,1H3. The lowest BCUT2D eigenvalue weighted by Crippen LogP contribution is -2.14. The van der Waals surface area contributed by atoms with E-state index in [2.05, 4.69) is 24.0 Å². The van der Waals surface area contributed by atoms with E-state index in [9.17, 15) is 0 Å². The number of fused-ring (bicyclic) bond motifs is 1. The van der Waals surface area contributed by atoms with Crippen molar-refractivity contribution in [2.45, 2.75) is 43.9 Å². The molecule has 2 aliphatic carbocycles. The van der Waals surface area contributed by atoms with Crippen LogP contribution in [0.25, 0.3) is 0 Å². The molecule has 17 heavy (non-hydrogen) atoms. The van der Waals surface area contributed by atoms with Crippen LogP contribution in [0.15, 0.2) is 24.5 Å². The zero-order chi connectivity index (χ0) is 11.8. The quantitative estimate of drug-likeness (QED) is 0.731. The third-order valence-electron chi connectivity index (χ3n) is 4.80. The first-order valence-electron chi connectivity index (χ1n) is 6.83. The molecule has 2 aliphatic rings. The van der Waals surface area contributed by atoms with Gasteiger partial charge in [-0.05, 0) is 54.2 Å². The summed E-state index contributed by atoms with van der Waals surface area (Å²) >= 11 is 6.72. The van der Waals surface area contributed by atoms with E-state index < -0.39 is 0 Å². The lowest BCUT2D eigenvalue weighted by Gasteiger charge is -2.18. The SMILES string of the molecule is CC(c1ccncc1)C(Cl)C1C2CCCCC21. The molecule has 1 aromatic rings. The molecule has 0 amide bonds. The molecule has 2 fully saturated rings. The third-order valence-corrected chi connectivity index (χ3v) is 5.47. The summed E-state index contributed by atoms with van der Waals surface area (Å²) in [4.78, 5) is 4.08. The predicted octanol–water partition coefficient (Wildman–Crippen LogP) is 4.23. The molecule has 4 unspecified atom stereocenters. The van der Waals surface area contributed by atoms with Crippen molar-refractivity contribution < 1.29 is 0 Å². The van der Waals surface area contributed by atoms with E-state index in [0.717, 1.165) is 17.8 Å². The Balaban J connectivity index is 1.69. The summed E-state index contributed by atoms with van der Waals surface area (Å²) in [5, 5.41) is 0.311. The Bertz CT molecular complexity index is 366. The fourth-order valence-corrected chi connectivity index (χ4v) is 4.22. The summed E-state index contributed by atoms with van der Waals surface area (Å²) in [6, 6.07) is 4.21. The molecule has 92 valence electrons. The molecular formula is C15H20ClN. The van der Waals surface area contributed by atoms with E-state index in [1.807, 2.05) is 12.4 Å². The third kappa shape index (κ3) is 2.10. The van der Waals surface area contributed by atoms with Gasteiger partial charge in [-0.25, -0.2) is 0 Å². The number of pyridine rings is 1. The van der Waals surface area contributed by atoms with Gasteiger partial charge in [0.05, 0.1) is 0 Å². The molecule has 0 bridgehead atoms. The first-order valence-corrected chi connectivity index (χ1v) is 7.26. The van der Waals surface area contributed by atoms with Gasteiger partial charge in [-0.15, -0.1) is 11.6 Å². The van der Waals surface area contributed by atoms with Crippen molar-refractivity contribution in [3.8, 4) is 0 Å². The molecule has 3 rings (SSSR count). The maximum absolute atomic E-state index is 6.72. The van der Waals surface area contributed by atoms with E-state index in [4.69, 9.17) is 11.6 Å². The minimum absolute atomic E-state index is 0.311. The number of hydrogen-bond donors (Lipinski definition) is 0. The summed E-state index contributed by atoms with van der Waals surface area (Å²) < 4.78 is 0. The zero-order valence-electron chi connectivity index (χ0n) is 10.3. The summed E-state index contributed by atoms with van der Waals surface area (Å²) in [5.74, 6) is 3.11. The maximum Gasteiger partial charge on any atom is 0.0435 e. The normalized spacial score (nSPS) is 34.8. The van der Waals surface area contributed by atoms with Gasteiger partial charge in [0.15, 0.2) is 0 Å². The van der Waals surface area contributed by atoms with Gasteiger partial charge in [0.1, 0.15) is 0 Å². The van der Waals surface area contributed by atoms with Gasteiger partial charge in [-0.3, -0.25) is 4.98 Å². The van der Waals surface area contributed by atoms with Crippen molar-refractivity contribution in [1.82, 2.24) is 4.98 Å². The molecule has 1 heterocycles. The Labute approximate surface area is 109 Å². The Kier molecular flexibility index (Phi) is 3.12. The van der Waals surface area contributed by atoms with E-state index in [1.54, 1.807) is 0 Å². The van der Waals surface area contributed by atoms with Gasteiger partial charge in [0.2, 0.25) is 0 Å². The molecule has 0 saturated heterocycles. The maximum atomic E-state index is 6.72. The van der Waals surface area contributed by atoms with Crippen molar-refractivity contribution >= 4 is 11.6 Å². The Morgan fingerprint density at radius 3 is 2.35 bits per heavy atom. The highest BCUT2D eigenvalue weighted by molar-refractivity contribution is 6.21. The highest BCUT2D eigenvalue weighted by Crippen LogP contribution is 2.60. The van der Waals surface area contributed by atoms with Gasteiger partial charge < -0.3 is 0 Å². The van der Waals surface area contributed by atoms with Gasteiger partial charge >= 0.3 is 0 Å². The fraction of sp³-hybridized carbons (Fsp3) is 0.667. The van der Waals surface area contributed by atoms with Crippen molar-refractivity contribution in [3.63, 3.8) is 0 Å². The molecule has 2 saturated carbocycles. The molecule has 0 N–H and O–H groups in total. The topological polar surface area (TPSA) is 12.9 Å². The lowest BCUT2D eigenvalue weighted by atomic mass is 9.94. The van der Waals surface area contributed by atoms with Crippen molar-refractivity contribution in [2.24, 2.45) is 17.8 Å². The van der Waals surface area contributed by atoms with Crippen LogP contribution in [0, 0.1) is 17.8 Å². The molecule has 1 nitrogen and oxygen atoms in total. The number of hydrogen-bond acceptors (Lipinski definition) is 1. The van der Waals surface area contributed by atoms with Crippen LogP contribution in [0.2, 0.25) is 0 Å². The average molecular weight is 250 g/mol. The molecule has 0 radical (unpaired) electrons. The minimum Gasteiger partial charge on any atom is -0.265 e. The summed E-state index contributed by atoms with van der Waals surface area (Å²) in [5.41, 5.74) is 1.34. The van der Waals surface area contributed by atoms with Gasteiger partial charge in [0, 0.05) is 17.8 Å². The Morgan fingerprint density at radius 1 is 1.18 bits per heavy atom. The number of halogens is 1. The number of nitrogens with zero attached hydrogens (tertiary/aromatic N) is 1. The lowest BCUT2D eigenvalue weighted by molar-refractivity contribution is 0.480. The second-order valence-electron chi connectivity index (χ2n) is 5.70. The highest BCUT2D eigenvalue weighted by atomic mass is 35.5.